The molecule has 0 aliphatic carbocycles. The summed E-state index contributed by atoms with van der Waals surface area (Å²) < 4.78 is 5.29. The second-order valence-corrected chi connectivity index (χ2v) is 5.97. The number of ketones is 1. The number of nitro groups is 1. The molecule has 0 aromatic heterocycles. The van der Waals surface area contributed by atoms with Gasteiger partial charge in [-0.3, -0.25) is 14.9 Å². The van der Waals surface area contributed by atoms with Gasteiger partial charge >= 0.3 is 0 Å². The van der Waals surface area contributed by atoms with Crippen LogP contribution in [0.5, 0.6) is 0 Å². The van der Waals surface area contributed by atoms with E-state index in [1.54, 1.807) is 42.5 Å². The maximum Gasteiger partial charge on any atom is 0.293 e. The van der Waals surface area contributed by atoms with Gasteiger partial charge in [0, 0.05) is 24.7 Å². The lowest BCUT2D eigenvalue weighted by molar-refractivity contribution is -0.384. The van der Waals surface area contributed by atoms with Gasteiger partial charge in [-0.05, 0) is 17.7 Å². The van der Waals surface area contributed by atoms with Gasteiger partial charge in [-0.2, -0.15) is 5.26 Å². The maximum atomic E-state index is 12.5. The number of nitrogens with zero attached hydrogens (tertiary/aromatic N) is 3. The van der Waals surface area contributed by atoms with E-state index in [1.165, 1.54) is 12.1 Å². The third-order valence-electron chi connectivity index (χ3n) is 4.26. The average molecular weight is 363 g/mol. The molecule has 2 aromatic carbocycles. The van der Waals surface area contributed by atoms with Crippen LogP contribution < -0.4 is 4.90 Å². The molecule has 2 aromatic rings. The summed E-state index contributed by atoms with van der Waals surface area (Å²) in [4.78, 5) is 25.4. The van der Waals surface area contributed by atoms with E-state index in [9.17, 15) is 20.2 Å². The molecule has 27 heavy (non-hydrogen) atoms. The van der Waals surface area contributed by atoms with Crippen molar-refractivity contribution in [2.75, 3.05) is 31.2 Å². The number of benzene rings is 2. The van der Waals surface area contributed by atoms with Crippen molar-refractivity contribution in [2.24, 2.45) is 0 Å². The van der Waals surface area contributed by atoms with Crippen LogP contribution in [0.15, 0.2) is 54.1 Å². The normalized spacial score (nSPS) is 14.5. The van der Waals surface area contributed by atoms with E-state index in [2.05, 4.69) is 0 Å². The highest BCUT2D eigenvalue weighted by atomic mass is 16.6. The van der Waals surface area contributed by atoms with Gasteiger partial charge in [-0.15, -0.1) is 0 Å². The highest BCUT2D eigenvalue weighted by Crippen LogP contribution is 2.30. The molecule has 0 radical (unpaired) electrons. The number of anilines is 1. The molecule has 3 rings (SSSR count). The van der Waals surface area contributed by atoms with Crippen molar-refractivity contribution in [3.05, 3.63) is 75.3 Å². The molecule has 0 saturated carbocycles. The number of rotatable bonds is 5. The van der Waals surface area contributed by atoms with Crippen LogP contribution in [0.4, 0.5) is 11.4 Å². The standard InChI is InChI=1S/C20H17N3O4/c21-14-17(20(24)16-4-2-1-3-5-16)12-15-6-7-18(19(13-15)23(25)26)22-8-10-27-11-9-22/h1-7,12-13H,8-11H2/b17-12-. The van der Waals surface area contributed by atoms with Crippen molar-refractivity contribution in [3.8, 4) is 6.07 Å². The Labute approximate surface area is 156 Å². The Kier molecular flexibility index (Phi) is 5.59. The van der Waals surface area contributed by atoms with E-state index in [-0.39, 0.29) is 11.3 Å². The minimum Gasteiger partial charge on any atom is -0.378 e. The molecule has 136 valence electrons. The summed E-state index contributed by atoms with van der Waals surface area (Å²) in [5, 5.41) is 20.9. The van der Waals surface area contributed by atoms with Crippen LogP contribution in [-0.4, -0.2) is 37.0 Å². The van der Waals surface area contributed by atoms with E-state index in [1.807, 2.05) is 11.0 Å². The van der Waals surface area contributed by atoms with Crippen LogP contribution in [0.3, 0.4) is 0 Å². The molecule has 0 amide bonds. The fourth-order valence-corrected chi connectivity index (χ4v) is 2.91. The van der Waals surface area contributed by atoms with Gasteiger partial charge in [0.25, 0.3) is 5.69 Å². The van der Waals surface area contributed by atoms with Crippen molar-refractivity contribution < 1.29 is 14.5 Å². The number of allylic oxidation sites excluding steroid dienone is 1. The molecule has 7 heteroatoms. The molecule has 1 saturated heterocycles. The molecule has 0 spiro atoms. The lowest BCUT2D eigenvalue weighted by atomic mass is 10.0. The lowest BCUT2D eigenvalue weighted by Crippen LogP contribution is -2.36. The summed E-state index contributed by atoms with van der Waals surface area (Å²) >= 11 is 0. The van der Waals surface area contributed by atoms with E-state index in [0.717, 1.165) is 0 Å². The third kappa shape index (κ3) is 4.19. The zero-order chi connectivity index (χ0) is 19.2. The molecule has 1 aliphatic rings. The lowest BCUT2D eigenvalue weighted by Gasteiger charge is -2.28. The number of carbonyl (C=O) groups excluding carboxylic acids is 1. The zero-order valence-corrected chi connectivity index (χ0v) is 14.5. The number of ether oxygens (including phenoxy) is 1. The summed E-state index contributed by atoms with van der Waals surface area (Å²) in [5.74, 6) is -0.419. The fourth-order valence-electron chi connectivity index (χ4n) is 2.91. The summed E-state index contributed by atoms with van der Waals surface area (Å²) in [5.41, 5.74) is 1.20. The first-order valence-electron chi connectivity index (χ1n) is 8.43. The smallest absolute Gasteiger partial charge is 0.293 e. The molecule has 0 atom stereocenters. The Morgan fingerprint density at radius 1 is 1.19 bits per heavy atom. The number of Topliss-reactive ketones (excluding diaryl/α,β-unsaturated/α-hetero) is 1. The van der Waals surface area contributed by atoms with Crippen molar-refractivity contribution in [1.82, 2.24) is 0 Å². The first-order chi connectivity index (χ1) is 13.1. The quantitative estimate of drug-likeness (QED) is 0.266. The minimum absolute atomic E-state index is 0.0601. The van der Waals surface area contributed by atoms with E-state index in [4.69, 9.17) is 4.74 Å². The Hall–Kier alpha value is -3.50. The summed E-state index contributed by atoms with van der Waals surface area (Å²) in [6, 6.07) is 15.1. The topological polar surface area (TPSA) is 96.5 Å². The van der Waals surface area contributed by atoms with Gasteiger partial charge in [0.15, 0.2) is 0 Å². The van der Waals surface area contributed by atoms with Gasteiger partial charge in [0.1, 0.15) is 17.3 Å². The van der Waals surface area contributed by atoms with Crippen molar-refractivity contribution in [2.45, 2.75) is 0 Å². The second kappa shape index (κ2) is 8.25. The number of morpholine rings is 1. The molecular weight excluding hydrogens is 346 g/mol. The van der Waals surface area contributed by atoms with E-state index in [0.29, 0.717) is 43.1 Å². The SMILES string of the molecule is N#C/C(=C/c1ccc(N2CCOCC2)c([N+](=O)[O-])c1)C(=O)c1ccccc1. The van der Waals surface area contributed by atoms with E-state index >= 15 is 0 Å². The summed E-state index contributed by atoms with van der Waals surface area (Å²) in [6.45, 7) is 2.18. The van der Waals surface area contributed by atoms with Gasteiger partial charge in [0.2, 0.25) is 5.78 Å². The van der Waals surface area contributed by atoms with Crippen LogP contribution in [0, 0.1) is 21.4 Å². The van der Waals surface area contributed by atoms with E-state index < -0.39 is 10.7 Å². The molecule has 0 unspecified atom stereocenters. The van der Waals surface area contributed by atoms with Crippen LogP contribution >= 0.6 is 0 Å². The predicted molar refractivity (Wildman–Crippen MR) is 100 cm³/mol. The predicted octanol–water partition coefficient (Wildman–Crippen LogP) is 3.22. The largest absolute Gasteiger partial charge is 0.378 e. The zero-order valence-electron chi connectivity index (χ0n) is 14.5. The average Bonchev–Trinajstić information content (AvgIpc) is 2.72. The second-order valence-electron chi connectivity index (χ2n) is 5.97. The van der Waals surface area contributed by atoms with Crippen LogP contribution in [0.1, 0.15) is 15.9 Å². The molecule has 1 fully saturated rings. The van der Waals surface area contributed by atoms with Gasteiger partial charge in [-0.1, -0.05) is 36.4 Å². The van der Waals surface area contributed by atoms with Crippen molar-refractivity contribution in [3.63, 3.8) is 0 Å². The van der Waals surface area contributed by atoms with Gasteiger partial charge in [0.05, 0.1) is 18.1 Å². The molecular formula is C20H17N3O4. The minimum atomic E-state index is -0.451. The number of hydrogen-bond acceptors (Lipinski definition) is 6. The highest BCUT2D eigenvalue weighted by Gasteiger charge is 2.22. The van der Waals surface area contributed by atoms with Gasteiger partial charge in [-0.25, -0.2) is 0 Å². The molecule has 0 N–H and O–H groups in total. The highest BCUT2D eigenvalue weighted by molar-refractivity contribution is 6.14. The molecule has 0 bridgehead atoms. The van der Waals surface area contributed by atoms with Gasteiger partial charge < -0.3 is 9.64 Å². The third-order valence-corrected chi connectivity index (χ3v) is 4.26. The van der Waals surface area contributed by atoms with Crippen LogP contribution in [-0.2, 0) is 4.74 Å². The first-order valence-corrected chi connectivity index (χ1v) is 8.43. The molecule has 1 aliphatic heterocycles. The first kappa shape index (κ1) is 18.3. The number of nitriles is 1. The summed E-state index contributed by atoms with van der Waals surface area (Å²) in [6.07, 6.45) is 1.38. The molecule has 7 nitrogen and oxygen atoms in total. The van der Waals surface area contributed by atoms with Crippen molar-refractivity contribution in [1.29, 1.82) is 5.26 Å². The fraction of sp³-hybridized carbons (Fsp3) is 0.200. The van der Waals surface area contributed by atoms with Crippen molar-refractivity contribution >= 4 is 23.2 Å². The Balaban J connectivity index is 1.95. The number of nitro benzene ring substituents is 1. The summed E-state index contributed by atoms with van der Waals surface area (Å²) in [7, 11) is 0. The van der Waals surface area contributed by atoms with Crippen LogP contribution in [0.2, 0.25) is 0 Å². The Morgan fingerprint density at radius 3 is 2.52 bits per heavy atom. The molecule has 1 heterocycles. The van der Waals surface area contributed by atoms with Crippen LogP contribution in [0.25, 0.3) is 6.08 Å². The number of carbonyl (C=O) groups is 1. The monoisotopic (exact) mass is 363 g/mol. The Morgan fingerprint density at radius 2 is 1.89 bits per heavy atom. The number of hydrogen-bond donors (Lipinski definition) is 0. The Bertz CT molecular complexity index is 926. The maximum absolute atomic E-state index is 12.5.